The Bertz CT molecular complexity index is 201. The van der Waals surface area contributed by atoms with E-state index in [1.807, 2.05) is 0 Å². The Morgan fingerprint density at radius 2 is 1.10 bits per heavy atom. The third-order valence-electron chi connectivity index (χ3n) is 4.00. The predicted octanol–water partition coefficient (Wildman–Crippen LogP) is 2.34. The van der Waals surface area contributed by atoms with Gasteiger partial charge < -0.3 is 21.5 Å². The molecule has 0 saturated heterocycles. The van der Waals surface area contributed by atoms with Gasteiger partial charge in [-0.15, -0.1) is 0 Å². The number of hydrogen-bond acceptors (Lipinski definition) is 0. The van der Waals surface area contributed by atoms with Gasteiger partial charge in [0.15, 0.2) is 0 Å². The summed E-state index contributed by atoms with van der Waals surface area (Å²) in [6.07, 6.45) is 15.0. The van der Waals surface area contributed by atoms with E-state index in [0.717, 1.165) is 13.1 Å². The SMILES string of the molecule is C=CC[N+](CC=C)(CCCCCC)CCCCCC.[Br-]. The molecule has 0 fully saturated rings. The second-order valence-electron chi connectivity index (χ2n) is 5.85. The quantitative estimate of drug-likeness (QED) is 0.257. The van der Waals surface area contributed by atoms with Crippen molar-refractivity contribution in [2.75, 3.05) is 26.2 Å². The van der Waals surface area contributed by atoms with Crippen LogP contribution in [0.3, 0.4) is 0 Å². The molecule has 0 N–H and O–H groups in total. The molecule has 120 valence electrons. The van der Waals surface area contributed by atoms with Crippen LogP contribution in [0.4, 0.5) is 0 Å². The first-order valence-corrected chi connectivity index (χ1v) is 8.31. The number of quaternary nitrogens is 1. The van der Waals surface area contributed by atoms with Crippen molar-refractivity contribution in [1.82, 2.24) is 0 Å². The van der Waals surface area contributed by atoms with Crippen LogP contribution in [0.25, 0.3) is 0 Å². The largest absolute Gasteiger partial charge is 1.00 e. The Kier molecular flexibility index (Phi) is 17.0. The van der Waals surface area contributed by atoms with Gasteiger partial charge >= 0.3 is 0 Å². The molecule has 0 radical (unpaired) electrons. The minimum atomic E-state index is 0. The molecule has 0 amide bonds. The second-order valence-corrected chi connectivity index (χ2v) is 5.85. The summed E-state index contributed by atoms with van der Waals surface area (Å²) in [5, 5.41) is 0. The number of nitrogens with zero attached hydrogens (tertiary/aromatic N) is 1. The van der Waals surface area contributed by atoms with E-state index in [-0.39, 0.29) is 17.0 Å². The fourth-order valence-corrected chi connectivity index (χ4v) is 2.85. The highest BCUT2D eigenvalue weighted by Crippen LogP contribution is 2.15. The molecule has 1 nitrogen and oxygen atoms in total. The van der Waals surface area contributed by atoms with Crippen molar-refractivity contribution in [3.05, 3.63) is 25.3 Å². The lowest BCUT2D eigenvalue weighted by molar-refractivity contribution is -0.917. The van der Waals surface area contributed by atoms with Crippen molar-refractivity contribution >= 4 is 0 Å². The van der Waals surface area contributed by atoms with E-state index in [0.29, 0.717) is 0 Å². The number of halogens is 1. The van der Waals surface area contributed by atoms with E-state index in [2.05, 4.69) is 39.2 Å². The summed E-state index contributed by atoms with van der Waals surface area (Å²) in [6.45, 7) is 17.3. The van der Waals surface area contributed by atoms with Gasteiger partial charge in [-0.1, -0.05) is 52.7 Å². The van der Waals surface area contributed by atoms with Crippen molar-refractivity contribution in [2.45, 2.75) is 65.2 Å². The van der Waals surface area contributed by atoms with Crippen LogP contribution in [0.2, 0.25) is 0 Å². The Balaban J connectivity index is 0. The summed E-state index contributed by atoms with van der Waals surface area (Å²) in [6, 6.07) is 0. The second kappa shape index (κ2) is 15.3. The number of rotatable bonds is 14. The Morgan fingerprint density at radius 1 is 0.700 bits per heavy atom. The highest BCUT2D eigenvalue weighted by molar-refractivity contribution is 4.72. The van der Waals surface area contributed by atoms with Crippen LogP contribution in [-0.4, -0.2) is 30.7 Å². The third-order valence-corrected chi connectivity index (χ3v) is 4.00. The molecule has 0 saturated carbocycles. The molecule has 2 heteroatoms. The van der Waals surface area contributed by atoms with Crippen LogP contribution in [0.5, 0.6) is 0 Å². The Morgan fingerprint density at radius 3 is 1.40 bits per heavy atom. The standard InChI is InChI=1S/C18H36N.BrH/c1-5-9-11-13-17-19(15-7-3,16-8-4)18-14-12-10-6-2;/h7-8H,3-6,9-18H2,1-2H3;1H/q+1;/p-1. The Hall–Kier alpha value is -0.0800. The third kappa shape index (κ3) is 10.7. The van der Waals surface area contributed by atoms with Crippen molar-refractivity contribution in [2.24, 2.45) is 0 Å². The van der Waals surface area contributed by atoms with Gasteiger partial charge in [-0.25, -0.2) is 0 Å². The minimum Gasteiger partial charge on any atom is -1.00 e. The smallest absolute Gasteiger partial charge is 0.0973 e. The van der Waals surface area contributed by atoms with E-state index >= 15 is 0 Å². The highest BCUT2D eigenvalue weighted by Gasteiger charge is 2.23. The molecular weight excluding hydrogens is 310 g/mol. The van der Waals surface area contributed by atoms with Crippen LogP contribution in [0.1, 0.15) is 65.2 Å². The van der Waals surface area contributed by atoms with Crippen LogP contribution in [0, 0.1) is 0 Å². The van der Waals surface area contributed by atoms with Gasteiger partial charge in [0.25, 0.3) is 0 Å². The topological polar surface area (TPSA) is 0 Å². The summed E-state index contributed by atoms with van der Waals surface area (Å²) >= 11 is 0. The zero-order valence-electron chi connectivity index (χ0n) is 13.9. The first kappa shape index (κ1) is 22.2. The van der Waals surface area contributed by atoms with Crippen molar-refractivity contribution in [3.8, 4) is 0 Å². The molecule has 0 aromatic rings. The summed E-state index contributed by atoms with van der Waals surface area (Å²) < 4.78 is 1.18. The fourth-order valence-electron chi connectivity index (χ4n) is 2.85. The molecule has 0 unspecified atom stereocenters. The lowest BCUT2D eigenvalue weighted by Crippen LogP contribution is -3.00. The minimum absolute atomic E-state index is 0. The summed E-state index contributed by atoms with van der Waals surface area (Å²) in [5.41, 5.74) is 0. The number of hydrogen-bond donors (Lipinski definition) is 0. The van der Waals surface area contributed by atoms with Gasteiger partial charge in [0, 0.05) is 0 Å². The normalized spacial score (nSPS) is 10.9. The van der Waals surface area contributed by atoms with Crippen LogP contribution >= 0.6 is 0 Å². The molecule has 0 heterocycles. The summed E-state index contributed by atoms with van der Waals surface area (Å²) in [4.78, 5) is 0. The van der Waals surface area contributed by atoms with E-state index in [1.54, 1.807) is 0 Å². The molecule has 0 rings (SSSR count). The summed E-state index contributed by atoms with van der Waals surface area (Å²) in [7, 11) is 0. The fraction of sp³-hybridized carbons (Fsp3) is 0.778. The monoisotopic (exact) mass is 345 g/mol. The molecule has 0 aliphatic heterocycles. The molecule has 20 heavy (non-hydrogen) atoms. The van der Waals surface area contributed by atoms with E-state index in [1.165, 1.54) is 68.9 Å². The average molecular weight is 346 g/mol. The maximum atomic E-state index is 3.97. The van der Waals surface area contributed by atoms with Gasteiger partial charge in [0.2, 0.25) is 0 Å². The van der Waals surface area contributed by atoms with E-state index < -0.39 is 0 Å². The molecule has 0 aliphatic rings. The van der Waals surface area contributed by atoms with Gasteiger partial charge in [-0.05, 0) is 37.8 Å². The first-order valence-electron chi connectivity index (χ1n) is 8.31. The van der Waals surface area contributed by atoms with Crippen LogP contribution in [0.15, 0.2) is 25.3 Å². The van der Waals surface area contributed by atoms with Crippen molar-refractivity contribution in [3.63, 3.8) is 0 Å². The molecule has 0 aromatic carbocycles. The average Bonchev–Trinajstić information content (AvgIpc) is 2.41. The van der Waals surface area contributed by atoms with Gasteiger partial charge in [-0.3, -0.25) is 0 Å². The van der Waals surface area contributed by atoms with Crippen LogP contribution < -0.4 is 17.0 Å². The van der Waals surface area contributed by atoms with Crippen LogP contribution in [-0.2, 0) is 0 Å². The first-order chi connectivity index (χ1) is 9.24. The maximum Gasteiger partial charge on any atom is 0.0973 e. The molecular formula is C18H36BrN. The maximum absolute atomic E-state index is 3.97. The van der Waals surface area contributed by atoms with Gasteiger partial charge in [0.05, 0.1) is 26.2 Å². The lowest BCUT2D eigenvalue weighted by Gasteiger charge is -2.37. The molecule has 0 aromatic heterocycles. The molecule has 0 aliphatic carbocycles. The highest BCUT2D eigenvalue weighted by atomic mass is 79.9. The zero-order valence-corrected chi connectivity index (χ0v) is 15.5. The zero-order chi connectivity index (χ0) is 14.4. The van der Waals surface area contributed by atoms with E-state index in [9.17, 15) is 0 Å². The van der Waals surface area contributed by atoms with Gasteiger partial charge in [-0.2, -0.15) is 0 Å². The number of unbranched alkanes of at least 4 members (excludes halogenated alkanes) is 6. The van der Waals surface area contributed by atoms with Crippen molar-refractivity contribution < 1.29 is 21.5 Å². The van der Waals surface area contributed by atoms with Gasteiger partial charge in [0.1, 0.15) is 0 Å². The molecule has 0 atom stereocenters. The predicted molar refractivity (Wildman–Crippen MR) is 88.4 cm³/mol. The van der Waals surface area contributed by atoms with Crippen molar-refractivity contribution in [1.29, 1.82) is 0 Å². The summed E-state index contributed by atoms with van der Waals surface area (Å²) in [5.74, 6) is 0. The molecule has 0 bridgehead atoms. The molecule has 0 spiro atoms. The van der Waals surface area contributed by atoms with E-state index in [4.69, 9.17) is 0 Å². The Labute approximate surface area is 138 Å². The lowest BCUT2D eigenvalue weighted by atomic mass is 10.1.